The molecule has 0 aromatic heterocycles. The molecule has 0 bridgehead atoms. The second-order valence-electron chi connectivity index (χ2n) is 7.88. The number of anilines is 1. The van der Waals surface area contributed by atoms with Gasteiger partial charge in [0.2, 0.25) is 0 Å². The monoisotopic (exact) mass is 522 g/mol. The highest BCUT2D eigenvalue weighted by Crippen LogP contribution is 2.16. The van der Waals surface area contributed by atoms with E-state index in [1.165, 1.54) is 16.7 Å². The number of aryl methyl sites for hydroxylation is 2. The van der Waals surface area contributed by atoms with Crippen molar-refractivity contribution in [1.29, 1.82) is 0 Å². The van der Waals surface area contributed by atoms with Gasteiger partial charge in [-0.25, -0.2) is 0 Å². The molecule has 1 heterocycles. The van der Waals surface area contributed by atoms with Crippen LogP contribution in [-0.4, -0.2) is 43.2 Å². The molecule has 0 aliphatic carbocycles. The first-order valence-corrected chi connectivity index (χ1v) is 10.6. The van der Waals surface area contributed by atoms with Gasteiger partial charge in [0.1, 0.15) is 0 Å². The van der Waals surface area contributed by atoms with Crippen molar-refractivity contribution in [2.24, 2.45) is 10.7 Å². The summed E-state index contributed by atoms with van der Waals surface area (Å²) in [6, 6.07) is 16.9. The highest BCUT2D eigenvalue weighted by molar-refractivity contribution is 14.0. The summed E-state index contributed by atoms with van der Waals surface area (Å²) in [7, 11) is 0. The van der Waals surface area contributed by atoms with Crippen LogP contribution in [0.25, 0.3) is 0 Å². The number of ether oxygens (including phenoxy) is 1. The standard InChI is InChI=1S/C24H34N4O.HI/c1-19-9-10-22(17-20(19)2)27-24(25)26-13-6-16-29-23-11-14-28(15-12-23)18-21-7-4-3-5-8-21;/h3-5,7-10,17,23H,6,11-16,18H2,1-2H3,(H3,25,26,27);1H. The maximum Gasteiger partial charge on any atom is 0.193 e. The van der Waals surface area contributed by atoms with Crippen molar-refractivity contribution in [1.82, 2.24) is 4.90 Å². The molecule has 30 heavy (non-hydrogen) atoms. The Balaban J connectivity index is 0.00000320. The molecule has 0 atom stereocenters. The van der Waals surface area contributed by atoms with E-state index in [1.807, 2.05) is 6.07 Å². The summed E-state index contributed by atoms with van der Waals surface area (Å²) in [6.07, 6.45) is 3.47. The van der Waals surface area contributed by atoms with E-state index < -0.39 is 0 Å². The maximum atomic E-state index is 6.05. The van der Waals surface area contributed by atoms with Gasteiger partial charge in [0.05, 0.1) is 6.10 Å². The molecule has 1 saturated heterocycles. The van der Waals surface area contributed by atoms with Gasteiger partial charge >= 0.3 is 0 Å². The third-order valence-electron chi connectivity index (χ3n) is 5.50. The number of benzene rings is 2. The lowest BCUT2D eigenvalue weighted by atomic mass is 10.1. The van der Waals surface area contributed by atoms with Crippen LogP contribution in [0.5, 0.6) is 0 Å². The first kappa shape index (κ1) is 24.6. The summed E-state index contributed by atoms with van der Waals surface area (Å²) >= 11 is 0. The fraction of sp³-hybridized carbons (Fsp3) is 0.458. The fourth-order valence-corrected chi connectivity index (χ4v) is 3.60. The van der Waals surface area contributed by atoms with Gasteiger partial charge in [-0.1, -0.05) is 36.4 Å². The van der Waals surface area contributed by atoms with Gasteiger partial charge < -0.3 is 15.8 Å². The lowest BCUT2D eigenvalue weighted by molar-refractivity contribution is 0.00566. The van der Waals surface area contributed by atoms with E-state index in [4.69, 9.17) is 10.5 Å². The SMILES string of the molecule is Cc1ccc(NC(N)=NCCCOC2CCN(Cc3ccccc3)CC2)cc1C.I. The Morgan fingerprint density at radius 1 is 1.10 bits per heavy atom. The molecule has 0 saturated carbocycles. The molecular formula is C24H35IN4O. The number of nitrogens with two attached hydrogens (primary N) is 1. The molecule has 3 N–H and O–H groups in total. The van der Waals surface area contributed by atoms with Crippen molar-refractivity contribution >= 4 is 35.6 Å². The smallest absolute Gasteiger partial charge is 0.193 e. The Morgan fingerprint density at radius 3 is 2.53 bits per heavy atom. The van der Waals surface area contributed by atoms with E-state index in [2.05, 4.69) is 71.5 Å². The second-order valence-corrected chi connectivity index (χ2v) is 7.88. The van der Waals surface area contributed by atoms with Gasteiger partial charge in [-0.2, -0.15) is 0 Å². The molecule has 164 valence electrons. The number of piperidine rings is 1. The zero-order chi connectivity index (χ0) is 20.5. The molecular weight excluding hydrogens is 487 g/mol. The topological polar surface area (TPSA) is 62.9 Å². The Kier molecular flexibility index (Phi) is 10.6. The number of nitrogens with one attached hydrogen (secondary N) is 1. The zero-order valence-electron chi connectivity index (χ0n) is 18.1. The summed E-state index contributed by atoms with van der Waals surface area (Å²) in [5.41, 5.74) is 10.9. The summed E-state index contributed by atoms with van der Waals surface area (Å²) in [5.74, 6) is 0.461. The van der Waals surface area contributed by atoms with Crippen molar-refractivity contribution < 1.29 is 4.74 Å². The van der Waals surface area contributed by atoms with Gasteiger partial charge in [-0.3, -0.25) is 9.89 Å². The number of halogens is 1. The van der Waals surface area contributed by atoms with Gasteiger partial charge in [-0.05, 0) is 61.9 Å². The number of likely N-dealkylation sites (tertiary alicyclic amines) is 1. The molecule has 2 aromatic rings. The Bertz CT molecular complexity index is 789. The third kappa shape index (κ3) is 8.24. The molecule has 0 amide bonds. The highest BCUT2D eigenvalue weighted by Gasteiger charge is 2.19. The van der Waals surface area contributed by atoms with Crippen LogP contribution in [0.3, 0.4) is 0 Å². The highest BCUT2D eigenvalue weighted by atomic mass is 127. The average Bonchev–Trinajstić information content (AvgIpc) is 2.72. The van der Waals surface area contributed by atoms with Gasteiger partial charge in [0.25, 0.3) is 0 Å². The third-order valence-corrected chi connectivity index (χ3v) is 5.50. The second kappa shape index (κ2) is 12.9. The van der Waals surface area contributed by atoms with Crippen molar-refractivity contribution in [3.05, 3.63) is 65.2 Å². The normalized spacial score (nSPS) is 15.6. The van der Waals surface area contributed by atoms with Crippen LogP contribution < -0.4 is 11.1 Å². The number of hydrogen-bond acceptors (Lipinski definition) is 3. The van der Waals surface area contributed by atoms with Crippen LogP contribution in [-0.2, 0) is 11.3 Å². The van der Waals surface area contributed by atoms with Gasteiger partial charge in [0.15, 0.2) is 5.96 Å². The summed E-state index contributed by atoms with van der Waals surface area (Å²) in [5, 5.41) is 3.16. The van der Waals surface area contributed by atoms with Crippen LogP contribution in [0.15, 0.2) is 53.5 Å². The largest absolute Gasteiger partial charge is 0.378 e. The maximum absolute atomic E-state index is 6.05. The molecule has 1 aliphatic heterocycles. The predicted octanol–water partition coefficient (Wildman–Crippen LogP) is 4.72. The molecule has 1 aliphatic rings. The molecule has 5 nitrogen and oxygen atoms in total. The van der Waals surface area contributed by atoms with Crippen molar-refractivity contribution in [2.45, 2.75) is 45.8 Å². The Labute approximate surface area is 198 Å². The number of aliphatic imine (C=N–C) groups is 1. The van der Waals surface area contributed by atoms with Crippen LogP contribution in [0.1, 0.15) is 36.0 Å². The van der Waals surface area contributed by atoms with Crippen molar-refractivity contribution in [2.75, 3.05) is 31.6 Å². The molecule has 0 radical (unpaired) electrons. The van der Waals surface area contributed by atoms with E-state index >= 15 is 0 Å². The minimum absolute atomic E-state index is 0. The minimum Gasteiger partial charge on any atom is -0.378 e. The predicted molar refractivity (Wildman–Crippen MR) is 137 cm³/mol. The summed E-state index contributed by atoms with van der Waals surface area (Å²) < 4.78 is 6.05. The summed E-state index contributed by atoms with van der Waals surface area (Å²) in [4.78, 5) is 6.92. The average molecular weight is 522 g/mol. The molecule has 1 fully saturated rings. The number of rotatable bonds is 8. The molecule has 6 heteroatoms. The van der Waals surface area contributed by atoms with E-state index in [1.54, 1.807) is 0 Å². The summed E-state index contributed by atoms with van der Waals surface area (Å²) in [6.45, 7) is 8.85. The van der Waals surface area contributed by atoms with Crippen LogP contribution in [0.4, 0.5) is 5.69 Å². The van der Waals surface area contributed by atoms with Gasteiger partial charge in [-0.15, -0.1) is 24.0 Å². The molecule has 2 aromatic carbocycles. The van der Waals surface area contributed by atoms with E-state index in [-0.39, 0.29) is 24.0 Å². The quantitative estimate of drug-likeness (QED) is 0.228. The van der Waals surface area contributed by atoms with E-state index in [9.17, 15) is 0 Å². The first-order chi connectivity index (χ1) is 14.1. The van der Waals surface area contributed by atoms with Crippen molar-refractivity contribution in [3.63, 3.8) is 0 Å². The lowest BCUT2D eigenvalue weighted by Gasteiger charge is -2.31. The van der Waals surface area contributed by atoms with Crippen LogP contribution in [0, 0.1) is 13.8 Å². The van der Waals surface area contributed by atoms with E-state index in [0.29, 0.717) is 18.6 Å². The minimum atomic E-state index is 0. The van der Waals surface area contributed by atoms with Crippen LogP contribution in [0.2, 0.25) is 0 Å². The number of guanidine groups is 1. The van der Waals surface area contributed by atoms with E-state index in [0.717, 1.165) is 51.2 Å². The number of nitrogens with zero attached hydrogens (tertiary/aromatic N) is 2. The number of hydrogen-bond donors (Lipinski definition) is 2. The Hall–Kier alpha value is -1.64. The van der Waals surface area contributed by atoms with Gasteiger partial charge in [0, 0.05) is 38.5 Å². The molecule has 0 spiro atoms. The fourth-order valence-electron chi connectivity index (χ4n) is 3.60. The van der Waals surface area contributed by atoms with Crippen LogP contribution >= 0.6 is 24.0 Å². The zero-order valence-corrected chi connectivity index (χ0v) is 20.5. The lowest BCUT2D eigenvalue weighted by Crippen LogP contribution is -2.36. The van der Waals surface area contributed by atoms with Crippen molar-refractivity contribution in [3.8, 4) is 0 Å². The molecule has 0 unspecified atom stereocenters. The molecule has 3 rings (SSSR count). The Morgan fingerprint density at radius 2 is 1.83 bits per heavy atom. The first-order valence-electron chi connectivity index (χ1n) is 10.6.